The number of amides is 1. The molecule has 1 saturated carbocycles. The predicted octanol–water partition coefficient (Wildman–Crippen LogP) is 6.09. The van der Waals surface area contributed by atoms with Crippen LogP contribution in [0.4, 0.5) is 11.4 Å². The number of anilines is 2. The minimum absolute atomic E-state index is 0.0731. The summed E-state index contributed by atoms with van der Waals surface area (Å²) in [5.74, 6) is 4.90. The van der Waals surface area contributed by atoms with Crippen molar-refractivity contribution in [3.63, 3.8) is 0 Å². The summed E-state index contributed by atoms with van der Waals surface area (Å²) in [4.78, 5) is 25.1. The first-order valence-electron chi connectivity index (χ1n) is 13.1. The number of hydrogen-bond acceptors (Lipinski definition) is 6. The maximum Gasteiger partial charge on any atom is 0.339 e. The van der Waals surface area contributed by atoms with Crippen LogP contribution in [-0.2, 0) is 10.2 Å². The Labute approximate surface area is 241 Å². The minimum Gasteiger partial charge on any atom is -0.496 e. The average molecular weight is 567 g/mol. The largest absolute Gasteiger partial charge is 0.496 e. The number of halogens is 1. The molecule has 1 heterocycles. The zero-order chi connectivity index (χ0) is 28.9. The smallest absolute Gasteiger partial charge is 0.339 e. The zero-order valence-electron chi connectivity index (χ0n) is 22.1. The maximum atomic E-state index is 13.3. The zero-order valence-corrected chi connectivity index (χ0v) is 22.9. The lowest BCUT2D eigenvalue weighted by molar-refractivity contribution is -0.118. The Kier molecular flexibility index (Phi) is 6.52. The van der Waals surface area contributed by atoms with Crippen molar-refractivity contribution >= 4 is 41.1 Å². The van der Waals surface area contributed by atoms with Crippen LogP contribution < -0.4 is 20.9 Å². The van der Waals surface area contributed by atoms with Crippen molar-refractivity contribution in [3.8, 4) is 28.0 Å². The van der Waals surface area contributed by atoms with Crippen molar-refractivity contribution in [3.05, 3.63) is 101 Å². The van der Waals surface area contributed by atoms with Crippen LogP contribution in [-0.4, -0.2) is 36.9 Å². The quantitative estimate of drug-likeness (QED) is 0.116. The average Bonchev–Trinajstić information content (AvgIpc) is 3.68. The van der Waals surface area contributed by atoms with Gasteiger partial charge in [0.1, 0.15) is 11.3 Å². The number of benzene rings is 4. The number of nitrogens with zero attached hydrogens (tertiary/aromatic N) is 1. The van der Waals surface area contributed by atoms with Crippen molar-refractivity contribution in [2.24, 2.45) is 5.84 Å². The second kappa shape index (κ2) is 10.1. The van der Waals surface area contributed by atoms with Crippen molar-refractivity contribution in [1.29, 1.82) is 5.41 Å². The van der Waals surface area contributed by atoms with Gasteiger partial charge in [-0.3, -0.25) is 4.79 Å². The van der Waals surface area contributed by atoms with Gasteiger partial charge in [-0.15, -0.1) is 0 Å². The van der Waals surface area contributed by atoms with Crippen LogP contribution >= 0.6 is 11.6 Å². The van der Waals surface area contributed by atoms with Crippen LogP contribution in [0.1, 0.15) is 33.8 Å². The molecular weight excluding hydrogens is 540 g/mol. The number of carboxylic acids is 1. The van der Waals surface area contributed by atoms with E-state index >= 15 is 0 Å². The molecule has 2 atom stereocenters. The molecular formula is C32H27ClN4O4. The molecule has 6 rings (SSSR count). The lowest BCUT2D eigenvalue weighted by Gasteiger charge is -2.16. The minimum atomic E-state index is -1.08. The number of carbonyl (C=O) groups is 2. The molecule has 1 aliphatic heterocycles. The third kappa shape index (κ3) is 4.41. The van der Waals surface area contributed by atoms with Crippen LogP contribution in [0.2, 0.25) is 5.02 Å². The molecule has 0 saturated heterocycles. The van der Waals surface area contributed by atoms with E-state index in [1.54, 1.807) is 18.2 Å². The monoisotopic (exact) mass is 566 g/mol. The number of carboxylic acid groups (broad SMARTS) is 1. The molecule has 0 radical (unpaired) electrons. The molecule has 4 aromatic carbocycles. The normalized spacial score (nSPS) is 18.5. The molecule has 1 spiro atoms. The van der Waals surface area contributed by atoms with E-state index in [0.29, 0.717) is 23.7 Å². The van der Waals surface area contributed by atoms with Gasteiger partial charge in [-0.05, 0) is 70.6 Å². The number of hydrogen-bond donors (Lipinski definition) is 4. The summed E-state index contributed by atoms with van der Waals surface area (Å²) >= 11 is 6.71. The van der Waals surface area contributed by atoms with E-state index in [-0.39, 0.29) is 23.1 Å². The maximum absolute atomic E-state index is 13.3. The summed E-state index contributed by atoms with van der Waals surface area (Å²) in [5.41, 5.74) is 6.26. The van der Waals surface area contributed by atoms with E-state index in [2.05, 4.69) is 5.32 Å². The number of methoxy groups -OCH3 is 1. The lowest BCUT2D eigenvalue weighted by atomic mass is 9.89. The number of hydrazine groups is 1. The third-order valence-electron chi connectivity index (χ3n) is 8.07. The molecule has 1 aliphatic carbocycles. The number of carbonyl (C=O) groups excluding carboxylic acids is 1. The van der Waals surface area contributed by atoms with E-state index in [9.17, 15) is 14.7 Å². The van der Waals surface area contributed by atoms with Crippen molar-refractivity contribution in [2.45, 2.75) is 17.8 Å². The summed E-state index contributed by atoms with van der Waals surface area (Å²) in [6.45, 7) is 0.336. The number of nitrogens with one attached hydrogen (secondary N) is 2. The molecule has 2 aliphatic rings. The van der Waals surface area contributed by atoms with Gasteiger partial charge in [0.05, 0.1) is 29.8 Å². The molecule has 1 fully saturated rings. The Morgan fingerprint density at radius 2 is 1.76 bits per heavy atom. The molecule has 206 valence electrons. The summed E-state index contributed by atoms with van der Waals surface area (Å²) < 4.78 is 5.21. The molecule has 41 heavy (non-hydrogen) atoms. The Balaban J connectivity index is 1.30. The van der Waals surface area contributed by atoms with Crippen LogP contribution in [0.25, 0.3) is 22.3 Å². The van der Waals surface area contributed by atoms with Crippen LogP contribution in [0.15, 0.2) is 78.9 Å². The number of aromatic carboxylic acids is 1. The van der Waals surface area contributed by atoms with Gasteiger partial charge in [0, 0.05) is 23.4 Å². The highest BCUT2D eigenvalue weighted by Gasteiger charge is 2.65. The lowest BCUT2D eigenvalue weighted by Crippen LogP contribution is -2.32. The fourth-order valence-corrected chi connectivity index (χ4v) is 6.11. The molecule has 4 aromatic rings. The van der Waals surface area contributed by atoms with Gasteiger partial charge in [-0.25, -0.2) is 10.6 Å². The Bertz CT molecular complexity index is 1700. The summed E-state index contributed by atoms with van der Waals surface area (Å²) in [6, 6.07) is 24.7. The predicted molar refractivity (Wildman–Crippen MR) is 160 cm³/mol. The summed E-state index contributed by atoms with van der Waals surface area (Å²) in [6.07, 6.45) is 1.83. The first kappa shape index (κ1) is 26.6. The van der Waals surface area contributed by atoms with E-state index < -0.39 is 11.4 Å². The van der Waals surface area contributed by atoms with E-state index in [0.717, 1.165) is 39.1 Å². The highest BCUT2D eigenvalue weighted by molar-refractivity contribution is 6.34. The number of fused-ring (bicyclic) bond motifs is 2. The molecule has 0 bridgehead atoms. The Morgan fingerprint density at radius 1 is 1.10 bits per heavy atom. The van der Waals surface area contributed by atoms with Crippen LogP contribution in [0.3, 0.4) is 0 Å². The Morgan fingerprint density at radius 3 is 2.39 bits per heavy atom. The van der Waals surface area contributed by atoms with Gasteiger partial charge in [0.15, 0.2) is 0 Å². The highest BCUT2D eigenvalue weighted by Crippen LogP contribution is 2.65. The fraction of sp³-hybridized carbons (Fsp3) is 0.156. The topological polar surface area (TPSA) is 129 Å². The summed E-state index contributed by atoms with van der Waals surface area (Å²) in [7, 11) is 1.43. The fourth-order valence-electron chi connectivity index (χ4n) is 5.84. The first-order chi connectivity index (χ1) is 19.8. The van der Waals surface area contributed by atoms with Crippen molar-refractivity contribution in [2.75, 3.05) is 24.0 Å². The summed E-state index contributed by atoms with van der Waals surface area (Å²) in [5, 5.41) is 21.9. The van der Waals surface area contributed by atoms with Gasteiger partial charge in [0.2, 0.25) is 5.91 Å². The van der Waals surface area contributed by atoms with Gasteiger partial charge < -0.3 is 25.6 Å². The number of rotatable bonds is 8. The molecule has 0 aromatic heterocycles. The van der Waals surface area contributed by atoms with Crippen LogP contribution in [0.5, 0.6) is 5.75 Å². The molecule has 2 unspecified atom stereocenters. The van der Waals surface area contributed by atoms with Gasteiger partial charge in [-0.2, -0.15) is 0 Å². The van der Waals surface area contributed by atoms with E-state index in [1.165, 1.54) is 18.3 Å². The molecule has 5 N–H and O–H groups in total. The first-order valence-corrected chi connectivity index (χ1v) is 13.4. The molecule has 8 nitrogen and oxygen atoms in total. The SMILES string of the molecule is COc1ccc(C2CC23C(=O)Nc2cc(Cl)c(-c4ccc(-c5ccc(N(N)CC=N)cc5)cc4)cc23)cc1C(=O)O. The molecule has 1 amide bonds. The number of nitrogens with two attached hydrogens (primary N) is 1. The second-order valence-electron chi connectivity index (χ2n) is 10.3. The van der Waals surface area contributed by atoms with E-state index in [4.69, 9.17) is 27.6 Å². The standard InChI is InChI=1S/C32H27ClN4O4/c1-41-29-11-8-21(14-24(29)30(38)39)26-17-32(26)25-15-23(27(33)16-28(25)36-31(32)40)20-4-2-18(3-5-20)19-6-9-22(10-7-19)37(35)13-12-34/h2-12,14-16,26,34H,13,17,35H2,1H3,(H,36,40)(H,38,39). The highest BCUT2D eigenvalue weighted by atomic mass is 35.5. The number of ether oxygens (including phenoxy) is 1. The molecule has 9 heteroatoms. The Hall–Kier alpha value is -4.66. The van der Waals surface area contributed by atoms with Crippen LogP contribution in [0, 0.1) is 5.41 Å². The van der Waals surface area contributed by atoms with Gasteiger partial charge >= 0.3 is 5.97 Å². The third-order valence-corrected chi connectivity index (χ3v) is 8.39. The second-order valence-corrected chi connectivity index (χ2v) is 10.7. The van der Waals surface area contributed by atoms with Gasteiger partial charge in [-0.1, -0.05) is 54.1 Å². The van der Waals surface area contributed by atoms with Gasteiger partial charge in [0.25, 0.3) is 0 Å². The van der Waals surface area contributed by atoms with Crippen molar-refractivity contribution < 1.29 is 19.4 Å². The van der Waals surface area contributed by atoms with E-state index in [1.807, 2.05) is 60.7 Å². The van der Waals surface area contributed by atoms with Crippen molar-refractivity contribution in [1.82, 2.24) is 0 Å².